The highest BCUT2D eigenvalue weighted by Crippen LogP contribution is 2.36. The first-order valence-electron chi connectivity index (χ1n) is 4.74. The van der Waals surface area contributed by atoms with Crippen LogP contribution in [0.25, 0.3) is 0 Å². The molecule has 0 fully saturated rings. The summed E-state index contributed by atoms with van der Waals surface area (Å²) in [5.74, 6) is 1.60. The van der Waals surface area contributed by atoms with Gasteiger partial charge in [-0.05, 0) is 12.1 Å². The lowest BCUT2D eigenvalue weighted by atomic mass is 10.2. The largest absolute Gasteiger partial charge is 0.486 e. The molecule has 14 heavy (non-hydrogen) atoms. The van der Waals surface area contributed by atoms with E-state index >= 15 is 0 Å². The Hall–Kier alpha value is -1.42. The maximum atomic E-state index is 5.52. The molecule has 4 heteroatoms. The van der Waals surface area contributed by atoms with Crippen molar-refractivity contribution >= 4 is 5.69 Å². The van der Waals surface area contributed by atoms with Gasteiger partial charge in [-0.1, -0.05) is 6.07 Å². The maximum absolute atomic E-state index is 5.52. The van der Waals surface area contributed by atoms with Crippen molar-refractivity contribution in [3.63, 3.8) is 0 Å². The highest BCUT2D eigenvalue weighted by Gasteiger charge is 2.14. The third-order valence-corrected chi connectivity index (χ3v) is 2.03. The quantitative estimate of drug-likeness (QED) is 0.748. The number of nitrogens with two attached hydrogens (primary N) is 1. The fourth-order valence-corrected chi connectivity index (χ4v) is 1.42. The Kier molecular flexibility index (Phi) is 2.74. The molecular weight excluding hydrogens is 180 g/mol. The highest BCUT2D eigenvalue weighted by molar-refractivity contribution is 5.63. The molecule has 0 spiro atoms. The van der Waals surface area contributed by atoms with Crippen LogP contribution in [0.4, 0.5) is 5.69 Å². The van der Waals surface area contributed by atoms with Gasteiger partial charge in [-0.2, -0.15) is 0 Å². The molecule has 2 rings (SSSR count). The van der Waals surface area contributed by atoms with E-state index in [0.29, 0.717) is 19.8 Å². The van der Waals surface area contributed by atoms with Crippen molar-refractivity contribution in [2.45, 2.75) is 0 Å². The first kappa shape index (κ1) is 9.15. The Morgan fingerprint density at radius 2 is 2.14 bits per heavy atom. The van der Waals surface area contributed by atoms with E-state index in [0.717, 1.165) is 23.7 Å². The lowest BCUT2D eigenvalue weighted by molar-refractivity contribution is 0.172. The summed E-state index contributed by atoms with van der Waals surface area (Å²) in [7, 11) is 0. The zero-order chi connectivity index (χ0) is 9.80. The number of nitrogens with one attached hydrogen (secondary N) is 1. The molecule has 0 unspecified atom stereocenters. The van der Waals surface area contributed by atoms with Crippen molar-refractivity contribution in [1.82, 2.24) is 0 Å². The van der Waals surface area contributed by atoms with E-state index in [1.54, 1.807) is 0 Å². The van der Waals surface area contributed by atoms with E-state index in [1.165, 1.54) is 0 Å². The third-order valence-electron chi connectivity index (χ3n) is 2.03. The zero-order valence-electron chi connectivity index (χ0n) is 7.95. The Morgan fingerprint density at radius 1 is 1.29 bits per heavy atom. The summed E-state index contributed by atoms with van der Waals surface area (Å²) in [6.07, 6.45) is 0. The number of benzene rings is 1. The smallest absolute Gasteiger partial charge is 0.184 e. The molecule has 0 amide bonds. The van der Waals surface area contributed by atoms with E-state index < -0.39 is 0 Å². The predicted molar refractivity (Wildman–Crippen MR) is 55.0 cm³/mol. The van der Waals surface area contributed by atoms with Gasteiger partial charge in [-0.25, -0.2) is 0 Å². The molecule has 0 aliphatic carbocycles. The molecule has 1 heterocycles. The topological polar surface area (TPSA) is 56.5 Å². The van der Waals surface area contributed by atoms with Crippen molar-refractivity contribution < 1.29 is 9.47 Å². The predicted octanol–water partition coefficient (Wildman–Crippen LogP) is 0.828. The van der Waals surface area contributed by atoms with E-state index in [1.807, 2.05) is 18.2 Å². The van der Waals surface area contributed by atoms with Crippen LogP contribution in [0.3, 0.4) is 0 Å². The molecule has 1 aromatic rings. The van der Waals surface area contributed by atoms with Crippen LogP contribution in [-0.4, -0.2) is 26.3 Å². The summed E-state index contributed by atoms with van der Waals surface area (Å²) in [4.78, 5) is 0. The lowest BCUT2D eigenvalue weighted by Crippen LogP contribution is -2.18. The number of fused-ring (bicyclic) bond motifs is 1. The Bertz CT molecular complexity index is 315. The second-order valence-electron chi connectivity index (χ2n) is 3.05. The highest BCUT2D eigenvalue weighted by atomic mass is 16.6. The average Bonchev–Trinajstić information content (AvgIpc) is 2.26. The molecule has 0 saturated carbocycles. The molecule has 0 bridgehead atoms. The second kappa shape index (κ2) is 4.19. The van der Waals surface area contributed by atoms with Crippen molar-refractivity contribution in [2.24, 2.45) is 5.73 Å². The molecule has 4 nitrogen and oxygen atoms in total. The summed E-state index contributed by atoms with van der Waals surface area (Å²) in [6.45, 7) is 2.56. The molecule has 76 valence electrons. The van der Waals surface area contributed by atoms with Crippen molar-refractivity contribution in [3.05, 3.63) is 18.2 Å². The summed E-state index contributed by atoms with van der Waals surface area (Å²) in [6, 6.07) is 5.80. The van der Waals surface area contributed by atoms with Crippen LogP contribution in [0, 0.1) is 0 Å². The Labute approximate surface area is 83.0 Å². The van der Waals surface area contributed by atoms with Gasteiger partial charge in [0.25, 0.3) is 0 Å². The summed E-state index contributed by atoms with van der Waals surface area (Å²) in [5, 5.41) is 3.19. The molecule has 0 atom stereocenters. The molecule has 0 aromatic heterocycles. The summed E-state index contributed by atoms with van der Waals surface area (Å²) >= 11 is 0. The molecule has 1 aliphatic rings. The molecule has 1 aliphatic heterocycles. The van der Waals surface area contributed by atoms with Gasteiger partial charge >= 0.3 is 0 Å². The zero-order valence-corrected chi connectivity index (χ0v) is 7.95. The van der Waals surface area contributed by atoms with E-state index in [4.69, 9.17) is 15.2 Å². The Morgan fingerprint density at radius 3 is 3.00 bits per heavy atom. The third kappa shape index (κ3) is 1.75. The molecule has 0 radical (unpaired) electrons. The van der Waals surface area contributed by atoms with Gasteiger partial charge in [0.1, 0.15) is 13.2 Å². The summed E-state index contributed by atoms with van der Waals surface area (Å²) in [5.41, 5.74) is 6.37. The number of ether oxygens (including phenoxy) is 2. The molecule has 3 N–H and O–H groups in total. The summed E-state index contributed by atoms with van der Waals surface area (Å²) < 4.78 is 11.0. The number of hydrogen-bond acceptors (Lipinski definition) is 4. The molecule has 1 aromatic carbocycles. The molecule has 0 saturated heterocycles. The van der Waals surface area contributed by atoms with Crippen LogP contribution in [0.15, 0.2) is 18.2 Å². The number of para-hydroxylation sites is 1. The minimum absolute atomic E-state index is 0.602. The van der Waals surface area contributed by atoms with Gasteiger partial charge in [0.05, 0.1) is 5.69 Å². The van der Waals surface area contributed by atoms with Gasteiger partial charge in [-0.15, -0.1) is 0 Å². The van der Waals surface area contributed by atoms with Crippen LogP contribution in [0.1, 0.15) is 0 Å². The van der Waals surface area contributed by atoms with Crippen LogP contribution in [0.2, 0.25) is 0 Å². The van der Waals surface area contributed by atoms with Gasteiger partial charge < -0.3 is 20.5 Å². The van der Waals surface area contributed by atoms with Crippen LogP contribution in [0.5, 0.6) is 11.5 Å². The van der Waals surface area contributed by atoms with Gasteiger partial charge in [0.15, 0.2) is 11.5 Å². The van der Waals surface area contributed by atoms with Crippen LogP contribution in [-0.2, 0) is 0 Å². The standard InChI is InChI=1S/C10H14N2O2/c11-4-5-12-8-2-1-3-9-10(8)14-7-6-13-9/h1-3,12H,4-7,11H2. The van der Waals surface area contributed by atoms with Gasteiger partial charge in [0.2, 0.25) is 0 Å². The minimum Gasteiger partial charge on any atom is -0.486 e. The number of rotatable bonds is 3. The first-order chi connectivity index (χ1) is 6.92. The number of anilines is 1. The monoisotopic (exact) mass is 194 g/mol. The second-order valence-corrected chi connectivity index (χ2v) is 3.05. The van der Waals surface area contributed by atoms with Crippen LogP contribution >= 0.6 is 0 Å². The lowest BCUT2D eigenvalue weighted by Gasteiger charge is -2.21. The first-order valence-corrected chi connectivity index (χ1v) is 4.74. The molecular formula is C10H14N2O2. The number of hydrogen-bond donors (Lipinski definition) is 2. The van der Waals surface area contributed by atoms with E-state index in [9.17, 15) is 0 Å². The normalized spacial score (nSPS) is 13.8. The van der Waals surface area contributed by atoms with Gasteiger partial charge in [-0.3, -0.25) is 0 Å². The van der Waals surface area contributed by atoms with Crippen LogP contribution < -0.4 is 20.5 Å². The van der Waals surface area contributed by atoms with E-state index in [-0.39, 0.29) is 0 Å². The average molecular weight is 194 g/mol. The minimum atomic E-state index is 0.602. The SMILES string of the molecule is NCCNc1cccc2c1OCCO2. The fraction of sp³-hybridized carbons (Fsp3) is 0.400. The Balaban J connectivity index is 2.21. The fourth-order valence-electron chi connectivity index (χ4n) is 1.42. The van der Waals surface area contributed by atoms with Crippen molar-refractivity contribution in [1.29, 1.82) is 0 Å². The van der Waals surface area contributed by atoms with Crippen molar-refractivity contribution in [3.8, 4) is 11.5 Å². The van der Waals surface area contributed by atoms with Gasteiger partial charge in [0, 0.05) is 13.1 Å². The maximum Gasteiger partial charge on any atom is 0.184 e. The van der Waals surface area contributed by atoms with Crippen molar-refractivity contribution in [2.75, 3.05) is 31.6 Å². The van der Waals surface area contributed by atoms with E-state index in [2.05, 4.69) is 5.32 Å².